The highest BCUT2D eigenvalue weighted by molar-refractivity contribution is 5.95. The zero-order valence-electron chi connectivity index (χ0n) is 19.6. The number of aromatic nitrogens is 4. The molecule has 8 nitrogen and oxygen atoms in total. The quantitative estimate of drug-likeness (QED) is 0.280. The monoisotopic (exact) mass is 537 g/mol. The molecule has 4 aromatic rings. The number of ether oxygens (including phenoxy) is 1. The SMILES string of the molecule is COC(=O)c1ccc(-n2c(C(C)NC(=O)c3cc(C(F)(F)F)cc(C(F)(F)F)c3)nc3cccnc32)nc1. The summed E-state index contributed by atoms with van der Waals surface area (Å²) in [5.41, 5.74) is -3.23. The molecule has 1 amide bonds. The van der Waals surface area contributed by atoms with Crippen molar-refractivity contribution in [2.75, 3.05) is 7.11 Å². The molecule has 1 atom stereocenters. The van der Waals surface area contributed by atoms with Crippen LogP contribution in [0.4, 0.5) is 26.3 Å². The van der Waals surface area contributed by atoms with Gasteiger partial charge < -0.3 is 10.1 Å². The fraction of sp³-hybridized carbons (Fsp3) is 0.208. The fourth-order valence-corrected chi connectivity index (χ4v) is 3.63. The standard InChI is InChI=1S/C24H17F6N5O3/c1-12(33-21(36)14-8-15(23(25,26)27)10-16(9-14)24(28,29)30)19-34-17-4-3-7-31-20(17)35(19)18-6-5-13(11-32-18)22(37)38-2/h3-12H,1-2H3,(H,33,36). The average molecular weight is 537 g/mol. The summed E-state index contributed by atoms with van der Waals surface area (Å²) >= 11 is 0. The molecule has 3 aromatic heterocycles. The molecule has 0 spiro atoms. The van der Waals surface area contributed by atoms with Crippen molar-refractivity contribution in [1.82, 2.24) is 24.8 Å². The molecule has 3 heterocycles. The highest BCUT2D eigenvalue weighted by Gasteiger charge is 2.37. The number of alkyl halides is 6. The molecule has 0 aliphatic heterocycles. The van der Waals surface area contributed by atoms with Crippen molar-refractivity contribution >= 4 is 23.0 Å². The number of benzene rings is 1. The van der Waals surface area contributed by atoms with Crippen LogP contribution in [0, 0.1) is 0 Å². The van der Waals surface area contributed by atoms with Gasteiger partial charge in [0.25, 0.3) is 5.91 Å². The predicted molar refractivity (Wildman–Crippen MR) is 120 cm³/mol. The predicted octanol–water partition coefficient (Wildman–Crippen LogP) is 5.13. The van der Waals surface area contributed by atoms with Crippen molar-refractivity contribution in [3.05, 3.63) is 82.9 Å². The molecule has 0 bridgehead atoms. The highest BCUT2D eigenvalue weighted by Crippen LogP contribution is 2.36. The van der Waals surface area contributed by atoms with E-state index in [-0.39, 0.29) is 23.3 Å². The Kier molecular flexibility index (Phi) is 6.82. The first-order valence-corrected chi connectivity index (χ1v) is 10.8. The molecule has 38 heavy (non-hydrogen) atoms. The number of amides is 1. The zero-order valence-corrected chi connectivity index (χ0v) is 19.6. The van der Waals surface area contributed by atoms with Gasteiger partial charge >= 0.3 is 18.3 Å². The minimum Gasteiger partial charge on any atom is -0.465 e. The number of fused-ring (bicyclic) bond motifs is 1. The van der Waals surface area contributed by atoms with Gasteiger partial charge in [-0.05, 0) is 49.4 Å². The third kappa shape index (κ3) is 5.28. The van der Waals surface area contributed by atoms with Crippen LogP contribution in [0.3, 0.4) is 0 Å². The van der Waals surface area contributed by atoms with E-state index in [0.29, 0.717) is 23.3 Å². The maximum Gasteiger partial charge on any atom is 0.416 e. The number of rotatable bonds is 5. The highest BCUT2D eigenvalue weighted by atomic mass is 19.4. The maximum atomic E-state index is 13.2. The Labute approximate surface area is 210 Å². The number of carbonyl (C=O) groups excluding carboxylic acids is 2. The molecule has 1 N–H and O–H groups in total. The van der Waals surface area contributed by atoms with Crippen LogP contribution >= 0.6 is 0 Å². The Morgan fingerprint density at radius 2 is 1.61 bits per heavy atom. The Balaban J connectivity index is 1.73. The van der Waals surface area contributed by atoms with Crippen LogP contribution in [0.15, 0.2) is 54.9 Å². The molecule has 0 saturated carbocycles. The number of methoxy groups -OCH3 is 1. The molecule has 0 aliphatic carbocycles. The lowest BCUT2D eigenvalue weighted by atomic mass is 10.0. The van der Waals surface area contributed by atoms with E-state index >= 15 is 0 Å². The minimum absolute atomic E-state index is 0.0606. The summed E-state index contributed by atoms with van der Waals surface area (Å²) < 4.78 is 85.5. The van der Waals surface area contributed by atoms with E-state index < -0.39 is 47.0 Å². The first-order valence-electron chi connectivity index (χ1n) is 10.8. The first-order chi connectivity index (χ1) is 17.8. The van der Waals surface area contributed by atoms with Crippen molar-refractivity contribution in [2.45, 2.75) is 25.3 Å². The molecule has 0 radical (unpaired) electrons. The lowest BCUT2D eigenvalue weighted by Crippen LogP contribution is -2.29. The number of hydrogen-bond donors (Lipinski definition) is 1. The van der Waals surface area contributed by atoms with Crippen molar-refractivity contribution in [3.8, 4) is 5.82 Å². The largest absolute Gasteiger partial charge is 0.465 e. The number of pyridine rings is 2. The molecule has 14 heteroatoms. The third-order valence-corrected chi connectivity index (χ3v) is 5.42. The van der Waals surface area contributed by atoms with Crippen LogP contribution in [0.25, 0.3) is 17.0 Å². The van der Waals surface area contributed by atoms with Gasteiger partial charge in [0.2, 0.25) is 0 Å². The van der Waals surface area contributed by atoms with Crippen LogP contribution in [0.1, 0.15) is 50.6 Å². The second-order valence-corrected chi connectivity index (χ2v) is 8.04. The second-order valence-electron chi connectivity index (χ2n) is 8.04. The van der Waals surface area contributed by atoms with Gasteiger partial charge in [-0.15, -0.1) is 0 Å². The van der Waals surface area contributed by atoms with Crippen molar-refractivity contribution in [1.29, 1.82) is 0 Å². The van der Waals surface area contributed by atoms with Gasteiger partial charge in [-0.2, -0.15) is 26.3 Å². The van der Waals surface area contributed by atoms with Crippen molar-refractivity contribution in [3.63, 3.8) is 0 Å². The normalized spacial score (nSPS) is 12.8. The molecular weight excluding hydrogens is 520 g/mol. The van der Waals surface area contributed by atoms with Gasteiger partial charge in [0.1, 0.15) is 17.2 Å². The number of imidazole rings is 1. The van der Waals surface area contributed by atoms with E-state index in [1.54, 1.807) is 12.1 Å². The molecule has 0 saturated heterocycles. The van der Waals surface area contributed by atoms with E-state index in [0.717, 1.165) is 0 Å². The van der Waals surface area contributed by atoms with Crippen LogP contribution in [0.2, 0.25) is 0 Å². The van der Waals surface area contributed by atoms with Gasteiger partial charge in [0.15, 0.2) is 5.65 Å². The van der Waals surface area contributed by atoms with Gasteiger partial charge in [-0.3, -0.25) is 9.36 Å². The van der Waals surface area contributed by atoms with E-state index in [2.05, 4.69) is 25.0 Å². The van der Waals surface area contributed by atoms with Gasteiger partial charge in [-0.1, -0.05) is 0 Å². The van der Waals surface area contributed by atoms with E-state index in [4.69, 9.17) is 0 Å². The van der Waals surface area contributed by atoms with Gasteiger partial charge in [0, 0.05) is 18.0 Å². The Morgan fingerprint density at radius 3 is 2.16 bits per heavy atom. The third-order valence-electron chi connectivity index (χ3n) is 5.42. The summed E-state index contributed by atoms with van der Waals surface area (Å²) in [6.07, 6.45) is -7.50. The smallest absolute Gasteiger partial charge is 0.416 e. The van der Waals surface area contributed by atoms with Crippen LogP contribution < -0.4 is 5.32 Å². The van der Waals surface area contributed by atoms with Crippen LogP contribution in [0.5, 0.6) is 0 Å². The lowest BCUT2D eigenvalue weighted by molar-refractivity contribution is -0.143. The van der Waals surface area contributed by atoms with Crippen LogP contribution in [-0.4, -0.2) is 38.5 Å². The van der Waals surface area contributed by atoms with Crippen molar-refractivity contribution in [2.24, 2.45) is 0 Å². The molecule has 0 aliphatic rings. The number of hydrogen-bond acceptors (Lipinski definition) is 6. The molecule has 1 aromatic carbocycles. The van der Waals surface area contributed by atoms with Gasteiger partial charge in [0.05, 0.1) is 29.8 Å². The topological polar surface area (TPSA) is 99.0 Å². The fourth-order valence-electron chi connectivity index (χ4n) is 3.63. The Morgan fingerprint density at radius 1 is 0.947 bits per heavy atom. The summed E-state index contributed by atoms with van der Waals surface area (Å²) in [5.74, 6) is -1.45. The van der Waals surface area contributed by atoms with E-state index in [9.17, 15) is 35.9 Å². The number of nitrogens with zero attached hydrogens (tertiary/aromatic N) is 4. The van der Waals surface area contributed by atoms with E-state index in [1.165, 1.54) is 43.1 Å². The average Bonchev–Trinajstić information content (AvgIpc) is 3.27. The summed E-state index contributed by atoms with van der Waals surface area (Å²) in [6, 6.07) is 5.70. The van der Waals surface area contributed by atoms with Gasteiger partial charge in [-0.25, -0.2) is 19.7 Å². The Bertz CT molecular complexity index is 1480. The minimum atomic E-state index is -5.11. The number of esters is 1. The number of halogens is 6. The maximum absolute atomic E-state index is 13.2. The molecule has 4 rings (SSSR count). The lowest BCUT2D eigenvalue weighted by Gasteiger charge is -2.17. The molecule has 0 fully saturated rings. The second kappa shape index (κ2) is 9.76. The Hall–Kier alpha value is -4.49. The molecular formula is C24H17F6N5O3. The van der Waals surface area contributed by atoms with Crippen LogP contribution in [-0.2, 0) is 17.1 Å². The summed E-state index contributed by atoms with van der Waals surface area (Å²) in [6.45, 7) is 1.44. The summed E-state index contributed by atoms with van der Waals surface area (Å²) in [4.78, 5) is 37.5. The number of nitrogens with one attached hydrogen (secondary N) is 1. The molecule has 1 unspecified atom stereocenters. The first kappa shape index (κ1) is 26.6. The zero-order chi connectivity index (χ0) is 27.8. The van der Waals surface area contributed by atoms with E-state index in [1.807, 2.05) is 0 Å². The van der Waals surface area contributed by atoms with Crippen molar-refractivity contribution < 1.29 is 40.7 Å². The molecule has 198 valence electrons. The summed E-state index contributed by atoms with van der Waals surface area (Å²) in [5, 5.41) is 2.39. The summed E-state index contributed by atoms with van der Waals surface area (Å²) in [7, 11) is 1.20. The number of carbonyl (C=O) groups is 2.